The van der Waals surface area contributed by atoms with Crippen LogP contribution in [-0.4, -0.2) is 25.1 Å². The first-order valence-electron chi connectivity index (χ1n) is 8.60. The van der Waals surface area contributed by atoms with Crippen molar-refractivity contribution in [2.24, 2.45) is 0 Å². The van der Waals surface area contributed by atoms with Crippen molar-refractivity contribution in [1.29, 1.82) is 0 Å². The van der Waals surface area contributed by atoms with Crippen LogP contribution in [0.25, 0.3) is 0 Å². The van der Waals surface area contributed by atoms with E-state index in [1.807, 2.05) is 31.2 Å². The molecule has 0 saturated carbocycles. The largest absolute Gasteiger partial charge is 0.482 e. The molecular weight excluding hydrogens is 366 g/mol. The van der Waals surface area contributed by atoms with Gasteiger partial charge in [-0.2, -0.15) is 0 Å². The second-order valence-corrected chi connectivity index (χ2v) is 7.64. The molecule has 6 heteroatoms. The third-order valence-corrected chi connectivity index (χ3v) is 4.30. The number of hydrogen-bond acceptors (Lipinski definition) is 4. The van der Waals surface area contributed by atoms with Gasteiger partial charge in [-0.1, -0.05) is 50.6 Å². The first-order chi connectivity index (χ1) is 12.6. The Hall–Kier alpha value is -2.53. The van der Waals surface area contributed by atoms with Crippen LogP contribution < -0.4 is 10.1 Å². The summed E-state index contributed by atoms with van der Waals surface area (Å²) in [6, 6.07) is 12.7. The molecule has 0 aliphatic carbocycles. The molecule has 0 aliphatic rings. The monoisotopic (exact) mass is 389 g/mol. The van der Waals surface area contributed by atoms with Crippen molar-refractivity contribution in [3.63, 3.8) is 0 Å². The smallest absolute Gasteiger partial charge is 0.344 e. The number of benzene rings is 2. The molecule has 0 saturated heterocycles. The summed E-state index contributed by atoms with van der Waals surface area (Å²) in [5.74, 6) is -0.497. The second kappa shape index (κ2) is 8.91. The standard InChI is InChI=1S/C21H24ClNO4/c1-14-5-8-16(11-18(14)22)23-19(24)12-27-20(25)13-26-17-9-6-15(7-10-17)21(2,3)4/h5-11H,12-13H2,1-4H3,(H,23,24). The minimum Gasteiger partial charge on any atom is -0.482 e. The molecule has 0 spiro atoms. The Morgan fingerprint density at radius 3 is 2.30 bits per heavy atom. The fourth-order valence-electron chi connectivity index (χ4n) is 2.25. The molecule has 144 valence electrons. The van der Waals surface area contributed by atoms with E-state index in [1.165, 1.54) is 5.56 Å². The van der Waals surface area contributed by atoms with Crippen molar-refractivity contribution in [2.45, 2.75) is 33.1 Å². The quantitative estimate of drug-likeness (QED) is 0.738. The summed E-state index contributed by atoms with van der Waals surface area (Å²) in [6.45, 7) is 7.57. The number of halogens is 1. The Morgan fingerprint density at radius 1 is 1.04 bits per heavy atom. The maximum atomic E-state index is 11.8. The van der Waals surface area contributed by atoms with Crippen LogP contribution in [0.3, 0.4) is 0 Å². The van der Waals surface area contributed by atoms with Gasteiger partial charge < -0.3 is 14.8 Å². The molecule has 0 fully saturated rings. The van der Waals surface area contributed by atoms with Gasteiger partial charge in [0.2, 0.25) is 0 Å². The number of carbonyl (C=O) groups is 2. The molecule has 0 heterocycles. The minimum absolute atomic E-state index is 0.0481. The van der Waals surface area contributed by atoms with Crippen LogP contribution >= 0.6 is 11.6 Å². The van der Waals surface area contributed by atoms with E-state index in [0.29, 0.717) is 16.5 Å². The number of amides is 1. The SMILES string of the molecule is Cc1ccc(NC(=O)COC(=O)COc2ccc(C(C)(C)C)cc2)cc1Cl. The van der Waals surface area contributed by atoms with Gasteiger partial charge in [0.25, 0.3) is 5.91 Å². The van der Waals surface area contributed by atoms with Gasteiger partial charge in [0.05, 0.1) is 0 Å². The summed E-state index contributed by atoms with van der Waals surface area (Å²) in [5.41, 5.74) is 2.67. The summed E-state index contributed by atoms with van der Waals surface area (Å²) in [4.78, 5) is 23.6. The first kappa shape index (κ1) is 20.8. The van der Waals surface area contributed by atoms with E-state index in [1.54, 1.807) is 18.2 Å². The third kappa shape index (κ3) is 6.61. The van der Waals surface area contributed by atoms with E-state index in [2.05, 4.69) is 26.1 Å². The van der Waals surface area contributed by atoms with Gasteiger partial charge in [-0.25, -0.2) is 4.79 Å². The molecule has 2 aromatic carbocycles. The molecule has 0 aliphatic heterocycles. The summed E-state index contributed by atoms with van der Waals surface area (Å²) >= 11 is 6.01. The maximum Gasteiger partial charge on any atom is 0.344 e. The van der Waals surface area contributed by atoms with E-state index in [4.69, 9.17) is 21.1 Å². The molecule has 1 amide bonds. The Bertz CT molecular complexity index is 810. The Labute approximate surface area is 164 Å². The average Bonchev–Trinajstić information content (AvgIpc) is 2.61. The number of rotatable bonds is 6. The Balaban J connectivity index is 1.75. The number of esters is 1. The van der Waals surface area contributed by atoms with Gasteiger partial charge in [-0.3, -0.25) is 4.79 Å². The molecular formula is C21H24ClNO4. The highest BCUT2D eigenvalue weighted by atomic mass is 35.5. The zero-order chi connectivity index (χ0) is 20.0. The van der Waals surface area contributed by atoms with Crippen molar-refractivity contribution in [2.75, 3.05) is 18.5 Å². The average molecular weight is 390 g/mol. The van der Waals surface area contributed by atoms with Crippen molar-refractivity contribution < 1.29 is 19.1 Å². The van der Waals surface area contributed by atoms with Crippen molar-refractivity contribution in [3.8, 4) is 5.75 Å². The zero-order valence-electron chi connectivity index (χ0n) is 16.0. The molecule has 2 aromatic rings. The fraction of sp³-hybridized carbons (Fsp3) is 0.333. The lowest BCUT2D eigenvalue weighted by atomic mass is 9.87. The molecule has 0 unspecified atom stereocenters. The van der Waals surface area contributed by atoms with Crippen molar-refractivity contribution >= 4 is 29.2 Å². The van der Waals surface area contributed by atoms with Crippen LogP contribution in [0.1, 0.15) is 31.9 Å². The van der Waals surface area contributed by atoms with Crippen molar-refractivity contribution in [1.82, 2.24) is 0 Å². The topological polar surface area (TPSA) is 64.6 Å². The summed E-state index contributed by atoms with van der Waals surface area (Å²) in [6.07, 6.45) is 0. The number of nitrogens with one attached hydrogen (secondary N) is 1. The van der Waals surface area contributed by atoms with Gasteiger partial charge >= 0.3 is 5.97 Å². The summed E-state index contributed by atoms with van der Waals surface area (Å²) in [5, 5.41) is 3.17. The first-order valence-corrected chi connectivity index (χ1v) is 8.98. The lowest BCUT2D eigenvalue weighted by Crippen LogP contribution is -2.23. The van der Waals surface area contributed by atoms with Gasteiger partial charge in [-0.05, 0) is 47.7 Å². The normalized spacial score (nSPS) is 11.0. The predicted octanol–water partition coefficient (Wildman–Crippen LogP) is 4.51. The zero-order valence-corrected chi connectivity index (χ0v) is 16.7. The van der Waals surface area contributed by atoms with Crippen LogP contribution in [0.15, 0.2) is 42.5 Å². The van der Waals surface area contributed by atoms with E-state index in [9.17, 15) is 9.59 Å². The molecule has 5 nitrogen and oxygen atoms in total. The van der Waals surface area contributed by atoms with Crippen LogP contribution in [-0.2, 0) is 19.7 Å². The van der Waals surface area contributed by atoms with Gasteiger partial charge in [0, 0.05) is 10.7 Å². The second-order valence-electron chi connectivity index (χ2n) is 7.24. The molecule has 0 radical (unpaired) electrons. The molecule has 0 atom stereocenters. The molecule has 27 heavy (non-hydrogen) atoms. The fourth-order valence-corrected chi connectivity index (χ4v) is 2.43. The van der Waals surface area contributed by atoms with Crippen LogP contribution in [0.5, 0.6) is 5.75 Å². The maximum absolute atomic E-state index is 11.8. The molecule has 2 rings (SSSR count). The van der Waals surface area contributed by atoms with Gasteiger partial charge in [0.1, 0.15) is 5.75 Å². The Morgan fingerprint density at radius 2 is 1.70 bits per heavy atom. The molecule has 0 bridgehead atoms. The predicted molar refractivity (Wildman–Crippen MR) is 106 cm³/mol. The number of anilines is 1. The minimum atomic E-state index is -0.619. The Kier molecular flexibility index (Phi) is 6.86. The lowest BCUT2D eigenvalue weighted by Gasteiger charge is -2.19. The highest BCUT2D eigenvalue weighted by Crippen LogP contribution is 2.24. The number of aryl methyl sites for hydroxylation is 1. The number of carbonyl (C=O) groups excluding carboxylic acids is 2. The van der Waals surface area contributed by atoms with Crippen molar-refractivity contribution in [3.05, 3.63) is 58.6 Å². The number of hydrogen-bond donors (Lipinski definition) is 1. The summed E-state index contributed by atoms with van der Waals surface area (Å²) < 4.78 is 10.3. The number of ether oxygens (including phenoxy) is 2. The van der Waals surface area contributed by atoms with Crippen LogP contribution in [0.4, 0.5) is 5.69 Å². The van der Waals surface area contributed by atoms with Gasteiger partial charge in [-0.15, -0.1) is 0 Å². The highest BCUT2D eigenvalue weighted by Gasteiger charge is 2.14. The van der Waals surface area contributed by atoms with E-state index in [0.717, 1.165) is 5.56 Å². The van der Waals surface area contributed by atoms with Crippen LogP contribution in [0, 0.1) is 6.92 Å². The lowest BCUT2D eigenvalue weighted by molar-refractivity contribution is -0.149. The van der Waals surface area contributed by atoms with E-state index >= 15 is 0 Å². The summed E-state index contributed by atoms with van der Waals surface area (Å²) in [7, 11) is 0. The van der Waals surface area contributed by atoms with E-state index < -0.39 is 18.5 Å². The third-order valence-electron chi connectivity index (χ3n) is 3.90. The van der Waals surface area contributed by atoms with Crippen LogP contribution in [0.2, 0.25) is 5.02 Å². The molecule has 0 aromatic heterocycles. The molecule has 1 N–H and O–H groups in total. The van der Waals surface area contributed by atoms with Gasteiger partial charge in [0.15, 0.2) is 13.2 Å². The highest BCUT2D eigenvalue weighted by molar-refractivity contribution is 6.31. The van der Waals surface area contributed by atoms with E-state index in [-0.39, 0.29) is 12.0 Å².